The van der Waals surface area contributed by atoms with E-state index in [0.717, 1.165) is 36.1 Å². The summed E-state index contributed by atoms with van der Waals surface area (Å²) in [4.78, 5) is 0. The van der Waals surface area contributed by atoms with Crippen molar-refractivity contribution in [3.8, 4) is 0 Å². The van der Waals surface area contributed by atoms with Gasteiger partial charge in [-0.15, -0.1) is 0 Å². The molecule has 4 aliphatic rings. The zero-order valence-electron chi connectivity index (χ0n) is 12.2. The smallest absolute Gasteiger partial charge is 0.0385 e. The van der Waals surface area contributed by atoms with Gasteiger partial charge in [-0.25, -0.2) is 0 Å². The second kappa shape index (κ2) is 5.07. The molecule has 2 nitrogen and oxygen atoms in total. The van der Waals surface area contributed by atoms with Crippen LogP contribution in [0.1, 0.15) is 37.7 Å². The normalized spacial score (nSPS) is 38.1. The molecule has 4 aliphatic carbocycles. The number of para-hydroxylation sites is 1. The predicted octanol–water partition coefficient (Wildman–Crippen LogP) is 3.63. The van der Waals surface area contributed by atoms with Gasteiger partial charge in [0.2, 0.25) is 0 Å². The Morgan fingerprint density at radius 2 is 1.60 bits per heavy atom. The van der Waals surface area contributed by atoms with Crippen LogP contribution in [0.15, 0.2) is 24.3 Å². The largest absolute Gasteiger partial charge is 0.384 e. The highest BCUT2D eigenvalue weighted by atomic mass is 14.9. The van der Waals surface area contributed by atoms with E-state index in [4.69, 9.17) is 5.73 Å². The molecule has 0 spiro atoms. The van der Waals surface area contributed by atoms with Crippen LogP contribution in [0.5, 0.6) is 0 Å². The highest BCUT2D eigenvalue weighted by Crippen LogP contribution is 2.56. The molecule has 0 aliphatic heterocycles. The summed E-state index contributed by atoms with van der Waals surface area (Å²) in [6, 6.07) is 8.51. The minimum Gasteiger partial charge on any atom is -0.384 e. The molecule has 0 atom stereocenters. The van der Waals surface area contributed by atoms with Gasteiger partial charge < -0.3 is 11.1 Å². The van der Waals surface area contributed by atoms with Crippen LogP contribution in [-0.4, -0.2) is 6.54 Å². The van der Waals surface area contributed by atoms with E-state index in [2.05, 4.69) is 29.6 Å². The Morgan fingerprint density at radius 3 is 2.25 bits per heavy atom. The average Bonchev–Trinajstić information content (AvgIpc) is 2.46. The second-order valence-electron chi connectivity index (χ2n) is 7.34. The molecule has 108 valence electrons. The summed E-state index contributed by atoms with van der Waals surface area (Å²) < 4.78 is 0. The Labute approximate surface area is 122 Å². The first-order valence-electron chi connectivity index (χ1n) is 8.35. The molecule has 0 aromatic heterocycles. The van der Waals surface area contributed by atoms with E-state index in [1.807, 2.05) is 0 Å². The maximum absolute atomic E-state index is 5.84. The van der Waals surface area contributed by atoms with E-state index in [0.29, 0.717) is 6.54 Å². The van der Waals surface area contributed by atoms with Gasteiger partial charge in [0.15, 0.2) is 0 Å². The van der Waals surface area contributed by atoms with Crippen LogP contribution in [0.2, 0.25) is 0 Å². The van der Waals surface area contributed by atoms with Crippen LogP contribution in [0.25, 0.3) is 0 Å². The van der Waals surface area contributed by atoms with Crippen molar-refractivity contribution in [3.63, 3.8) is 0 Å². The van der Waals surface area contributed by atoms with Gasteiger partial charge in [-0.05, 0) is 73.3 Å². The molecule has 0 saturated heterocycles. The molecule has 1 aromatic carbocycles. The lowest BCUT2D eigenvalue weighted by molar-refractivity contribution is -0.0305. The zero-order valence-corrected chi connectivity index (χ0v) is 12.2. The molecule has 4 bridgehead atoms. The Balaban J connectivity index is 1.45. The van der Waals surface area contributed by atoms with Gasteiger partial charge >= 0.3 is 0 Å². The van der Waals surface area contributed by atoms with Gasteiger partial charge in [0.25, 0.3) is 0 Å². The number of anilines is 1. The molecular weight excluding hydrogens is 244 g/mol. The quantitative estimate of drug-likeness (QED) is 0.877. The van der Waals surface area contributed by atoms with Gasteiger partial charge in [-0.3, -0.25) is 0 Å². The van der Waals surface area contributed by atoms with E-state index < -0.39 is 0 Å². The fourth-order valence-corrected chi connectivity index (χ4v) is 5.47. The minimum atomic E-state index is 0.630. The molecule has 0 amide bonds. The molecule has 20 heavy (non-hydrogen) atoms. The fourth-order valence-electron chi connectivity index (χ4n) is 5.47. The van der Waals surface area contributed by atoms with Crippen molar-refractivity contribution < 1.29 is 0 Å². The van der Waals surface area contributed by atoms with Crippen molar-refractivity contribution in [2.24, 2.45) is 35.3 Å². The summed E-state index contributed by atoms with van der Waals surface area (Å²) in [5.74, 6) is 5.07. The Kier molecular flexibility index (Phi) is 3.22. The topological polar surface area (TPSA) is 38.0 Å². The maximum atomic E-state index is 5.84. The number of hydrogen-bond acceptors (Lipinski definition) is 2. The third-order valence-electron chi connectivity index (χ3n) is 6.19. The van der Waals surface area contributed by atoms with Crippen molar-refractivity contribution in [1.29, 1.82) is 0 Å². The van der Waals surface area contributed by atoms with Crippen LogP contribution < -0.4 is 11.1 Å². The lowest BCUT2D eigenvalue weighted by Gasteiger charge is -2.54. The molecule has 4 saturated carbocycles. The Morgan fingerprint density at radius 1 is 0.950 bits per heavy atom. The number of hydrogen-bond donors (Lipinski definition) is 2. The van der Waals surface area contributed by atoms with Gasteiger partial charge in [-0.2, -0.15) is 0 Å². The van der Waals surface area contributed by atoms with Gasteiger partial charge in [0.05, 0.1) is 0 Å². The lowest BCUT2D eigenvalue weighted by atomic mass is 9.52. The van der Waals surface area contributed by atoms with Crippen molar-refractivity contribution >= 4 is 5.69 Å². The predicted molar refractivity (Wildman–Crippen MR) is 83.4 cm³/mol. The van der Waals surface area contributed by atoms with E-state index in [-0.39, 0.29) is 0 Å². The third-order valence-corrected chi connectivity index (χ3v) is 6.19. The minimum absolute atomic E-state index is 0.630. The molecule has 0 unspecified atom stereocenters. The van der Waals surface area contributed by atoms with Crippen LogP contribution >= 0.6 is 0 Å². The van der Waals surface area contributed by atoms with Gasteiger partial charge in [0, 0.05) is 18.8 Å². The summed E-state index contributed by atoms with van der Waals surface area (Å²) in [6.07, 6.45) is 7.59. The first-order valence-corrected chi connectivity index (χ1v) is 8.35. The second-order valence-corrected chi connectivity index (χ2v) is 7.34. The standard InChI is InChI=1S/C18H26N2/c19-10-14-3-1-2-4-18(14)20-11-17-15-6-12-5-13(8-15)9-16(17)7-12/h1-4,12-13,15-17,20H,5-11,19H2. The zero-order chi connectivity index (χ0) is 13.5. The number of nitrogens with one attached hydrogen (secondary N) is 1. The van der Waals surface area contributed by atoms with E-state index in [1.54, 1.807) is 6.42 Å². The van der Waals surface area contributed by atoms with Crippen molar-refractivity contribution in [3.05, 3.63) is 29.8 Å². The molecule has 0 radical (unpaired) electrons. The summed E-state index contributed by atoms with van der Waals surface area (Å²) in [5.41, 5.74) is 8.34. The fraction of sp³-hybridized carbons (Fsp3) is 0.667. The molecule has 1 aromatic rings. The molecule has 3 N–H and O–H groups in total. The van der Waals surface area contributed by atoms with E-state index >= 15 is 0 Å². The van der Waals surface area contributed by atoms with E-state index in [1.165, 1.54) is 36.9 Å². The van der Waals surface area contributed by atoms with Crippen molar-refractivity contribution in [2.45, 2.75) is 38.6 Å². The summed E-state index contributed by atoms with van der Waals surface area (Å²) in [6.45, 7) is 1.79. The Bertz CT molecular complexity index is 454. The molecule has 4 fully saturated rings. The van der Waals surface area contributed by atoms with Crippen LogP contribution in [0.4, 0.5) is 5.69 Å². The number of benzene rings is 1. The summed E-state index contributed by atoms with van der Waals surface area (Å²) in [7, 11) is 0. The molecule has 2 heteroatoms. The summed E-state index contributed by atoms with van der Waals surface area (Å²) in [5, 5.41) is 3.71. The number of nitrogens with two attached hydrogens (primary N) is 1. The lowest BCUT2D eigenvalue weighted by Crippen LogP contribution is -2.47. The highest BCUT2D eigenvalue weighted by molar-refractivity contribution is 5.51. The first-order chi connectivity index (χ1) is 9.83. The van der Waals surface area contributed by atoms with Gasteiger partial charge in [0.1, 0.15) is 0 Å². The highest BCUT2D eigenvalue weighted by Gasteiger charge is 2.47. The molecule has 5 rings (SSSR count). The summed E-state index contributed by atoms with van der Waals surface area (Å²) >= 11 is 0. The van der Waals surface area contributed by atoms with Crippen LogP contribution in [0.3, 0.4) is 0 Å². The van der Waals surface area contributed by atoms with E-state index in [9.17, 15) is 0 Å². The average molecular weight is 270 g/mol. The monoisotopic (exact) mass is 270 g/mol. The Hall–Kier alpha value is -1.02. The van der Waals surface area contributed by atoms with Gasteiger partial charge in [-0.1, -0.05) is 18.2 Å². The SMILES string of the molecule is NCc1ccccc1NCC1C2CC3CC(C2)CC1C3. The van der Waals surface area contributed by atoms with Crippen LogP contribution in [-0.2, 0) is 6.54 Å². The van der Waals surface area contributed by atoms with Crippen molar-refractivity contribution in [1.82, 2.24) is 0 Å². The van der Waals surface area contributed by atoms with Crippen molar-refractivity contribution in [2.75, 3.05) is 11.9 Å². The molecular formula is C18H26N2. The first kappa shape index (κ1) is 12.7. The molecule has 0 heterocycles. The van der Waals surface area contributed by atoms with Crippen LogP contribution in [0, 0.1) is 29.6 Å². The number of rotatable bonds is 4. The maximum Gasteiger partial charge on any atom is 0.0385 e. The third kappa shape index (κ3) is 2.14.